The summed E-state index contributed by atoms with van der Waals surface area (Å²) in [5.74, 6) is 2.28. The number of hydrogen-bond acceptors (Lipinski definition) is 5. The minimum absolute atomic E-state index is 0.236. The van der Waals surface area contributed by atoms with E-state index in [1.165, 1.54) is 25.7 Å². The lowest BCUT2D eigenvalue weighted by Gasteiger charge is -2.36. The minimum atomic E-state index is -0.236. The van der Waals surface area contributed by atoms with Crippen LogP contribution in [-0.4, -0.2) is 18.2 Å². The van der Waals surface area contributed by atoms with E-state index in [9.17, 15) is 5.26 Å². The molecule has 1 aliphatic rings. The number of aromatic nitrogens is 1. The fraction of sp³-hybridized carbons (Fsp3) is 0.750. The molecule has 0 saturated heterocycles. The van der Waals surface area contributed by atoms with Crippen molar-refractivity contribution in [3.8, 4) is 6.07 Å². The van der Waals surface area contributed by atoms with E-state index in [1.807, 2.05) is 34.0 Å². The number of hydrogen-bond donors (Lipinski definition) is 0. The molecule has 0 spiro atoms. The maximum Gasteiger partial charge on any atom is 0.254 e. The van der Waals surface area contributed by atoms with Crippen LogP contribution < -0.4 is 5.01 Å². The fourth-order valence-electron chi connectivity index (χ4n) is 3.31. The molecule has 1 heterocycles. The summed E-state index contributed by atoms with van der Waals surface area (Å²) in [5, 5.41) is 15.5. The van der Waals surface area contributed by atoms with Crippen molar-refractivity contribution in [1.82, 2.24) is 4.98 Å². The quantitative estimate of drug-likeness (QED) is 0.564. The summed E-state index contributed by atoms with van der Waals surface area (Å²) in [6.07, 6.45) is 6.87. The normalized spacial score (nSPS) is 22.2. The summed E-state index contributed by atoms with van der Waals surface area (Å²) < 4.78 is 5.81. The average Bonchev–Trinajstić information content (AvgIpc) is 2.96. The molecule has 0 atom stereocenters. The highest BCUT2D eigenvalue weighted by atomic mass is 16.4. The molecule has 0 radical (unpaired) electrons. The Morgan fingerprint density at radius 2 is 1.76 bits per heavy atom. The Hall–Kier alpha value is -1.83. The predicted molar refractivity (Wildman–Crippen MR) is 102 cm³/mol. The molecular weight excluding hydrogens is 312 g/mol. The lowest BCUT2D eigenvalue weighted by Crippen LogP contribution is -2.26. The molecule has 0 unspecified atom stereocenters. The fourth-order valence-corrected chi connectivity index (χ4v) is 3.31. The molecule has 5 heteroatoms. The molecule has 0 aliphatic heterocycles. The molecule has 2 rings (SSSR count). The van der Waals surface area contributed by atoms with E-state index in [1.54, 1.807) is 5.01 Å². The van der Waals surface area contributed by atoms with Crippen LogP contribution in [0.2, 0.25) is 0 Å². The molecule has 1 aromatic rings. The van der Waals surface area contributed by atoms with Gasteiger partial charge < -0.3 is 4.42 Å². The van der Waals surface area contributed by atoms with Gasteiger partial charge in [0, 0.05) is 18.7 Å². The van der Waals surface area contributed by atoms with Crippen LogP contribution >= 0.6 is 0 Å². The first-order valence-electron chi connectivity index (χ1n) is 9.21. The Labute approximate surface area is 152 Å². The van der Waals surface area contributed by atoms with Crippen LogP contribution in [0.1, 0.15) is 78.8 Å². The van der Waals surface area contributed by atoms with Gasteiger partial charge in [-0.2, -0.15) is 15.3 Å². The van der Waals surface area contributed by atoms with Crippen LogP contribution in [-0.2, 0) is 5.41 Å². The Balaban J connectivity index is 2.03. The van der Waals surface area contributed by atoms with Crippen molar-refractivity contribution in [3.63, 3.8) is 0 Å². The van der Waals surface area contributed by atoms with Crippen LogP contribution in [0, 0.1) is 28.6 Å². The molecule has 138 valence electrons. The average molecular weight is 345 g/mol. The maximum atomic E-state index is 9.32. The van der Waals surface area contributed by atoms with Gasteiger partial charge in [-0.15, -0.1) is 0 Å². The zero-order valence-corrected chi connectivity index (χ0v) is 16.8. The number of hydrazone groups is 1. The van der Waals surface area contributed by atoms with Crippen LogP contribution in [0.25, 0.3) is 0 Å². The molecular formula is C20H32N4O. The van der Waals surface area contributed by atoms with E-state index in [4.69, 9.17) is 4.42 Å². The van der Waals surface area contributed by atoms with E-state index >= 15 is 0 Å². The van der Waals surface area contributed by atoms with Crippen molar-refractivity contribution in [2.45, 2.75) is 72.6 Å². The SMILES string of the molecule is CN(N=CC1CCC(C(C)(C)C)CC1)c1oc(C(C)(C)C)nc1C#N. The Kier molecular flexibility index (Phi) is 5.61. The van der Waals surface area contributed by atoms with Crippen molar-refractivity contribution in [3.05, 3.63) is 11.6 Å². The van der Waals surface area contributed by atoms with E-state index in [-0.39, 0.29) is 5.41 Å². The molecule has 25 heavy (non-hydrogen) atoms. The van der Waals surface area contributed by atoms with Gasteiger partial charge in [0.1, 0.15) is 6.07 Å². The van der Waals surface area contributed by atoms with Crippen molar-refractivity contribution in [2.24, 2.45) is 22.4 Å². The standard InChI is InChI=1S/C20H32N4O/c1-19(2,3)15-10-8-14(9-11-15)13-22-24(7)17-16(12-21)23-18(25-17)20(4,5)6/h13-15H,8-11H2,1-7H3. The zero-order chi connectivity index (χ0) is 18.8. The van der Waals surface area contributed by atoms with Gasteiger partial charge in [-0.1, -0.05) is 41.5 Å². The third-order valence-corrected chi connectivity index (χ3v) is 5.10. The van der Waals surface area contributed by atoms with E-state index in [0.29, 0.717) is 28.8 Å². The van der Waals surface area contributed by atoms with Gasteiger partial charge in [-0.3, -0.25) is 0 Å². The van der Waals surface area contributed by atoms with Crippen molar-refractivity contribution < 1.29 is 4.42 Å². The molecule has 0 amide bonds. The monoisotopic (exact) mass is 344 g/mol. The molecule has 0 N–H and O–H groups in total. The zero-order valence-electron chi connectivity index (χ0n) is 16.8. The van der Waals surface area contributed by atoms with E-state index < -0.39 is 0 Å². The third kappa shape index (κ3) is 4.84. The molecule has 1 fully saturated rings. The van der Waals surface area contributed by atoms with Gasteiger partial charge in [0.05, 0.1) is 0 Å². The summed E-state index contributed by atoms with van der Waals surface area (Å²) in [6, 6.07) is 2.11. The molecule has 1 aliphatic carbocycles. The third-order valence-electron chi connectivity index (χ3n) is 5.10. The molecule has 0 bridgehead atoms. The first-order valence-corrected chi connectivity index (χ1v) is 9.21. The second-order valence-electron chi connectivity index (χ2n) is 9.30. The van der Waals surface area contributed by atoms with Crippen LogP contribution in [0.4, 0.5) is 5.88 Å². The minimum Gasteiger partial charge on any atom is -0.421 e. The van der Waals surface area contributed by atoms with Gasteiger partial charge in [-0.25, -0.2) is 5.01 Å². The highest BCUT2D eigenvalue weighted by Gasteiger charge is 2.29. The lowest BCUT2D eigenvalue weighted by molar-refractivity contribution is 0.168. The summed E-state index contributed by atoms with van der Waals surface area (Å²) in [5.41, 5.74) is 0.449. The molecule has 1 aromatic heterocycles. The number of rotatable bonds is 3. The Morgan fingerprint density at radius 3 is 2.24 bits per heavy atom. The summed E-state index contributed by atoms with van der Waals surface area (Å²) in [7, 11) is 1.81. The van der Waals surface area contributed by atoms with Crippen molar-refractivity contribution >= 4 is 12.1 Å². The summed E-state index contributed by atoms with van der Waals surface area (Å²) in [4.78, 5) is 4.31. The van der Waals surface area contributed by atoms with Gasteiger partial charge in [0.2, 0.25) is 11.6 Å². The topological polar surface area (TPSA) is 65.4 Å². The number of anilines is 1. The largest absolute Gasteiger partial charge is 0.421 e. The van der Waals surface area contributed by atoms with Crippen LogP contribution in [0.3, 0.4) is 0 Å². The van der Waals surface area contributed by atoms with Crippen LogP contribution in [0.15, 0.2) is 9.52 Å². The highest BCUT2D eigenvalue weighted by Crippen LogP contribution is 2.39. The second kappa shape index (κ2) is 7.19. The van der Waals surface area contributed by atoms with Crippen molar-refractivity contribution in [1.29, 1.82) is 5.26 Å². The van der Waals surface area contributed by atoms with Gasteiger partial charge >= 0.3 is 0 Å². The van der Waals surface area contributed by atoms with Gasteiger partial charge in [-0.05, 0) is 42.9 Å². The Bertz CT molecular complexity index is 647. The van der Waals surface area contributed by atoms with Crippen molar-refractivity contribution in [2.75, 3.05) is 12.1 Å². The molecule has 5 nitrogen and oxygen atoms in total. The van der Waals surface area contributed by atoms with E-state index in [2.05, 4.69) is 36.9 Å². The second-order valence-corrected chi connectivity index (χ2v) is 9.30. The Morgan fingerprint density at radius 1 is 1.16 bits per heavy atom. The smallest absolute Gasteiger partial charge is 0.254 e. The van der Waals surface area contributed by atoms with Gasteiger partial charge in [0.15, 0.2) is 0 Å². The van der Waals surface area contributed by atoms with Gasteiger partial charge in [0.25, 0.3) is 5.88 Å². The maximum absolute atomic E-state index is 9.32. The van der Waals surface area contributed by atoms with Crippen LogP contribution in [0.5, 0.6) is 0 Å². The summed E-state index contributed by atoms with van der Waals surface area (Å²) in [6.45, 7) is 13.0. The number of nitrogens with zero attached hydrogens (tertiary/aromatic N) is 4. The predicted octanol–water partition coefficient (Wildman–Crippen LogP) is 5.12. The molecule has 0 aromatic carbocycles. The van der Waals surface area contributed by atoms with E-state index in [0.717, 1.165) is 5.92 Å². The lowest BCUT2D eigenvalue weighted by atomic mass is 9.70. The summed E-state index contributed by atoms with van der Waals surface area (Å²) >= 11 is 0. The number of nitriles is 1. The first-order chi connectivity index (χ1) is 11.5. The highest BCUT2D eigenvalue weighted by molar-refractivity contribution is 5.63. The first kappa shape index (κ1) is 19.5. The number of oxazole rings is 1. The molecule has 1 saturated carbocycles.